The highest BCUT2D eigenvalue weighted by atomic mass is 16.2. The number of carbonyl (C=O) groups excluding carboxylic acids is 1. The van der Waals surface area contributed by atoms with Gasteiger partial charge in [0.1, 0.15) is 11.5 Å². The molecule has 0 fully saturated rings. The zero-order valence-corrected chi connectivity index (χ0v) is 9.27. The van der Waals surface area contributed by atoms with E-state index >= 15 is 0 Å². The van der Waals surface area contributed by atoms with Gasteiger partial charge < -0.3 is 10.2 Å². The van der Waals surface area contributed by atoms with E-state index in [1.807, 2.05) is 0 Å². The Labute approximate surface area is 90.9 Å². The number of fused-ring (bicyclic) bond motifs is 1. The van der Waals surface area contributed by atoms with Crippen LogP contribution in [0.5, 0.6) is 0 Å². The summed E-state index contributed by atoms with van der Waals surface area (Å²) in [4.78, 5) is 36.3. The van der Waals surface area contributed by atoms with E-state index < -0.39 is 11.2 Å². The van der Waals surface area contributed by atoms with Crippen LogP contribution in [0.2, 0.25) is 0 Å². The minimum atomic E-state index is -0.488. The highest BCUT2D eigenvalue weighted by Crippen LogP contribution is 2.21. The van der Waals surface area contributed by atoms with Gasteiger partial charge in [-0.1, -0.05) is 0 Å². The number of hydrogen-bond donors (Lipinski definition) is 1. The van der Waals surface area contributed by atoms with Crippen LogP contribution >= 0.6 is 0 Å². The van der Waals surface area contributed by atoms with E-state index in [0.717, 1.165) is 4.57 Å². The number of likely N-dealkylation sites (N-methyl/N-ethyl adjacent to an activating group) is 1. The van der Waals surface area contributed by atoms with Gasteiger partial charge in [-0.2, -0.15) is 0 Å². The van der Waals surface area contributed by atoms with Gasteiger partial charge in [-0.15, -0.1) is 0 Å². The Balaban J connectivity index is 2.87. The van der Waals surface area contributed by atoms with Crippen LogP contribution in [0, 0.1) is 0 Å². The number of rotatable bonds is 0. The van der Waals surface area contributed by atoms with Crippen molar-refractivity contribution < 1.29 is 4.79 Å². The average Bonchev–Trinajstić information content (AvgIpc) is 2.22. The third-order valence-electron chi connectivity index (χ3n) is 2.64. The summed E-state index contributed by atoms with van der Waals surface area (Å²) in [7, 11) is 4.61. The van der Waals surface area contributed by atoms with E-state index in [9.17, 15) is 14.4 Å². The first-order valence-corrected chi connectivity index (χ1v) is 4.74. The van der Waals surface area contributed by atoms with Gasteiger partial charge in [0.15, 0.2) is 0 Å². The predicted octanol–water partition coefficient (Wildman–Crippen LogP) is -1.53. The normalized spacial score (nSPS) is 14.7. The molecule has 1 aromatic rings. The molecular weight excluding hydrogens is 212 g/mol. The molecule has 2 heterocycles. The monoisotopic (exact) mass is 224 g/mol. The molecule has 0 atom stereocenters. The Kier molecular flexibility index (Phi) is 2.11. The van der Waals surface area contributed by atoms with Gasteiger partial charge in [0.05, 0.1) is 6.54 Å². The lowest BCUT2D eigenvalue weighted by atomic mass is 10.3. The van der Waals surface area contributed by atoms with Crippen LogP contribution in [-0.4, -0.2) is 28.6 Å². The third kappa shape index (κ3) is 1.24. The molecular formula is C9H12N4O3. The molecule has 0 unspecified atom stereocenters. The molecule has 0 bridgehead atoms. The van der Waals surface area contributed by atoms with Crippen molar-refractivity contribution in [2.24, 2.45) is 14.1 Å². The standard InChI is InChI=1S/C9H12N4O3/c1-11-4-5(14)10-6-7(11)12(2)9(16)13(3)8(6)15/h4H2,1-3H3,(H,10,14). The molecule has 2 rings (SSSR count). The number of anilines is 2. The van der Waals surface area contributed by atoms with Crippen LogP contribution < -0.4 is 21.5 Å². The summed E-state index contributed by atoms with van der Waals surface area (Å²) in [5, 5.41) is 2.49. The maximum atomic E-state index is 11.8. The molecule has 1 amide bonds. The molecule has 0 spiro atoms. The van der Waals surface area contributed by atoms with Crippen molar-refractivity contribution >= 4 is 17.4 Å². The lowest BCUT2D eigenvalue weighted by molar-refractivity contribution is -0.115. The van der Waals surface area contributed by atoms with Gasteiger partial charge in [-0.05, 0) is 0 Å². The van der Waals surface area contributed by atoms with E-state index in [1.165, 1.54) is 11.6 Å². The molecule has 0 saturated heterocycles. The Morgan fingerprint density at radius 1 is 1.06 bits per heavy atom. The van der Waals surface area contributed by atoms with Crippen molar-refractivity contribution in [2.75, 3.05) is 23.8 Å². The first kappa shape index (κ1) is 10.5. The average molecular weight is 224 g/mol. The molecule has 7 heteroatoms. The smallest absolute Gasteiger partial charge is 0.332 e. The number of hydrogen-bond acceptors (Lipinski definition) is 4. The minimum Gasteiger partial charge on any atom is -0.350 e. The lowest BCUT2D eigenvalue weighted by Gasteiger charge is -2.28. The van der Waals surface area contributed by atoms with Gasteiger partial charge in [0.25, 0.3) is 5.56 Å². The minimum absolute atomic E-state index is 0.132. The van der Waals surface area contributed by atoms with E-state index in [0.29, 0.717) is 5.82 Å². The summed E-state index contributed by atoms with van der Waals surface area (Å²) in [6.45, 7) is 0.132. The number of carbonyl (C=O) groups is 1. The summed E-state index contributed by atoms with van der Waals surface area (Å²) < 4.78 is 2.31. The molecule has 1 aliphatic rings. The van der Waals surface area contributed by atoms with Crippen LogP contribution in [0.15, 0.2) is 9.59 Å². The first-order valence-electron chi connectivity index (χ1n) is 4.74. The third-order valence-corrected chi connectivity index (χ3v) is 2.64. The molecule has 1 aromatic heterocycles. The van der Waals surface area contributed by atoms with E-state index in [-0.39, 0.29) is 18.1 Å². The van der Waals surface area contributed by atoms with Crippen LogP contribution in [0.1, 0.15) is 0 Å². The van der Waals surface area contributed by atoms with Gasteiger partial charge in [0.2, 0.25) is 5.91 Å². The maximum Gasteiger partial charge on any atom is 0.332 e. The van der Waals surface area contributed by atoms with Crippen molar-refractivity contribution in [1.29, 1.82) is 0 Å². The van der Waals surface area contributed by atoms with E-state index in [2.05, 4.69) is 5.32 Å². The molecule has 0 saturated carbocycles. The zero-order chi connectivity index (χ0) is 12.0. The molecule has 1 N–H and O–H groups in total. The SMILES string of the molecule is CN1CC(=O)Nc2c1n(C)c(=O)n(C)c2=O. The van der Waals surface area contributed by atoms with Gasteiger partial charge in [-0.3, -0.25) is 18.7 Å². The van der Waals surface area contributed by atoms with Gasteiger partial charge >= 0.3 is 5.69 Å². The maximum absolute atomic E-state index is 11.8. The fourth-order valence-corrected chi connectivity index (χ4v) is 1.86. The molecule has 0 radical (unpaired) electrons. The number of amides is 1. The van der Waals surface area contributed by atoms with Crippen molar-refractivity contribution in [1.82, 2.24) is 9.13 Å². The second-order valence-corrected chi connectivity index (χ2v) is 3.81. The summed E-state index contributed by atoms with van der Waals surface area (Å²) in [5.74, 6) is 0.179. The van der Waals surface area contributed by atoms with Crippen LogP contribution in [0.25, 0.3) is 0 Å². The fraction of sp³-hybridized carbons (Fsp3) is 0.444. The highest BCUT2D eigenvalue weighted by Gasteiger charge is 2.25. The predicted molar refractivity (Wildman–Crippen MR) is 58.8 cm³/mol. The summed E-state index contributed by atoms with van der Waals surface area (Å²) in [6.07, 6.45) is 0. The van der Waals surface area contributed by atoms with Crippen molar-refractivity contribution in [3.05, 3.63) is 20.8 Å². The summed E-state index contributed by atoms with van der Waals surface area (Å²) in [6, 6.07) is 0. The van der Waals surface area contributed by atoms with Gasteiger partial charge in [0, 0.05) is 21.1 Å². The molecule has 0 aromatic carbocycles. The Morgan fingerprint density at radius 3 is 2.31 bits per heavy atom. The van der Waals surface area contributed by atoms with Crippen LogP contribution in [0.4, 0.5) is 11.5 Å². The lowest BCUT2D eigenvalue weighted by Crippen LogP contribution is -2.47. The number of aromatic nitrogens is 2. The summed E-state index contributed by atoms with van der Waals surface area (Å²) >= 11 is 0. The first-order chi connectivity index (χ1) is 7.43. The second kappa shape index (κ2) is 3.22. The van der Waals surface area contributed by atoms with E-state index in [1.54, 1.807) is 19.0 Å². The van der Waals surface area contributed by atoms with Crippen molar-refractivity contribution in [3.63, 3.8) is 0 Å². The second-order valence-electron chi connectivity index (χ2n) is 3.81. The molecule has 16 heavy (non-hydrogen) atoms. The fourth-order valence-electron chi connectivity index (χ4n) is 1.86. The van der Waals surface area contributed by atoms with Gasteiger partial charge in [-0.25, -0.2) is 4.79 Å². The number of nitrogens with zero attached hydrogens (tertiary/aromatic N) is 3. The van der Waals surface area contributed by atoms with Crippen molar-refractivity contribution in [3.8, 4) is 0 Å². The Morgan fingerprint density at radius 2 is 1.69 bits per heavy atom. The quantitative estimate of drug-likeness (QED) is 0.580. The summed E-state index contributed by atoms with van der Waals surface area (Å²) in [5.41, 5.74) is -0.743. The zero-order valence-electron chi connectivity index (χ0n) is 9.27. The van der Waals surface area contributed by atoms with Crippen LogP contribution in [-0.2, 0) is 18.9 Å². The topological polar surface area (TPSA) is 76.3 Å². The molecule has 1 aliphatic heterocycles. The van der Waals surface area contributed by atoms with Crippen molar-refractivity contribution in [2.45, 2.75) is 0 Å². The van der Waals surface area contributed by atoms with Crippen LogP contribution in [0.3, 0.4) is 0 Å². The molecule has 7 nitrogen and oxygen atoms in total. The Hall–Kier alpha value is -2.05. The molecule has 86 valence electrons. The van der Waals surface area contributed by atoms with E-state index in [4.69, 9.17) is 0 Å². The largest absolute Gasteiger partial charge is 0.350 e. The highest BCUT2D eigenvalue weighted by molar-refractivity contribution is 5.99. The Bertz CT molecular complexity index is 584. The number of nitrogens with one attached hydrogen (secondary N) is 1. The molecule has 0 aliphatic carbocycles.